The van der Waals surface area contributed by atoms with Crippen molar-refractivity contribution >= 4 is 27.3 Å². The van der Waals surface area contributed by atoms with Crippen LogP contribution < -0.4 is 9.46 Å². The van der Waals surface area contributed by atoms with Crippen LogP contribution in [0.15, 0.2) is 36.4 Å². The van der Waals surface area contributed by atoms with Crippen molar-refractivity contribution < 1.29 is 17.9 Å². The lowest BCUT2D eigenvalue weighted by Crippen LogP contribution is -2.25. The van der Waals surface area contributed by atoms with E-state index in [1.807, 2.05) is 30.3 Å². The van der Waals surface area contributed by atoms with Gasteiger partial charge in [-0.25, -0.2) is 13.1 Å². The molecule has 1 aromatic heterocycles. The van der Waals surface area contributed by atoms with E-state index in [0.717, 1.165) is 22.4 Å². The predicted octanol–water partition coefficient (Wildman–Crippen LogP) is 2.12. The number of carbonyl (C=O) groups is 1. The molecule has 0 saturated carbocycles. The van der Waals surface area contributed by atoms with Crippen molar-refractivity contribution in [1.29, 1.82) is 0 Å². The lowest BCUT2D eigenvalue weighted by Gasteiger charge is -2.18. The van der Waals surface area contributed by atoms with Crippen LogP contribution in [0.1, 0.15) is 20.1 Å². The number of hydrogen-bond acceptors (Lipinski definition) is 5. The summed E-state index contributed by atoms with van der Waals surface area (Å²) < 4.78 is 29.9. The van der Waals surface area contributed by atoms with Gasteiger partial charge < -0.3 is 9.64 Å². The van der Waals surface area contributed by atoms with Crippen LogP contribution in [0.2, 0.25) is 0 Å². The molecule has 0 aliphatic heterocycles. The van der Waals surface area contributed by atoms with Crippen LogP contribution in [0.25, 0.3) is 0 Å². The highest BCUT2D eigenvalue weighted by atomic mass is 32.2. The summed E-state index contributed by atoms with van der Waals surface area (Å²) >= 11 is 1.38. The van der Waals surface area contributed by atoms with Crippen LogP contribution in [0.5, 0.6) is 5.75 Å². The van der Waals surface area contributed by atoms with E-state index in [4.69, 9.17) is 4.74 Å². The summed E-state index contributed by atoms with van der Waals surface area (Å²) in [5, 5.41) is 0. The highest BCUT2D eigenvalue weighted by molar-refractivity contribution is 7.88. The van der Waals surface area contributed by atoms with E-state index in [1.54, 1.807) is 25.1 Å². The Morgan fingerprint density at radius 2 is 1.96 bits per heavy atom. The lowest BCUT2D eigenvalue weighted by molar-refractivity contribution is 0.0789. The molecule has 0 spiro atoms. The molecule has 0 unspecified atom stereocenters. The van der Waals surface area contributed by atoms with Crippen molar-refractivity contribution in [3.63, 3.8) is 0 Å². The lowest BCUT2D eigenvalue weighted by atomic mass is 10.2. The van der Waals surface area contributed by atoms with Crippen molar-refractivity contribution in [3.8, 4) is 5.75 Å². The van der Waals surface area contributed by atoms with Crippen LogP contribution in [0.4, 0.5) is 0 Å². The number of carbonyl (C=O) groups excluding carboxylic acids is 1. The zero-order chi connectivity index (χ0) is 18.4. The van der Waals surface area contributed by atoms with Gasteiger partial charge in [-0.15, -0.1) is 11.3 Å². The van der Waals surface area contributed by atoms with E-state index in [2.05, 4.69) is 4.72 Å². The van der Waals surface area contributed by atoms with E-state index < -0.39 is 10.0 Å². The Morgan fingerprint density at radius 3 is 2.64 bits per heavy atom. The molecule has 0 aliphatic carbocycles. The number of hydrogen-bond donors (Lipinski definition) is 1. The molecule has 2 rings (SSSR count). The molecule has 136 valence electrons. The summed E-state index contributed by atoms with van der Waals surface area (Å²) in [6.07, 6.45) is 1.68. The van der Waals surface area contributed by atoms with Gasteiger partial charge in [0.2, 0.25) is 10.0 Å². The van der Waals surface area contributed by atoms with E-state index in [1.165, 1.54) is 11.3 Å². The van der Waals surface area contributed by atoms with Crippen LogP contribution in [-0.2, 0) is 23.0 Å². The van der Waals surface area contributed by atoms with Crippen LogP contribution in [0.3, 0.4) is 0 Å². The number of ether oxygens (including phenoxy) is 1. The summed E-state index contributed by atoms with van der Waals surface area (Å²) in [4.78, 5) is 15.8. The standard InChI is InChI=1S/C17H22N2O4S2/c1-19(12-13-6-4-5-7-15(13)23-2)17(20)16-9-8-14(24-16)10-11-18-25(3,21)22/h4-9,18H,10-12H2,1-3H3. The zero-order valence-corrected chi connectivity index (χ0v) is 16.1. The Balaban J connectivity index is 1.98. The molecule has 8 heteroatoms. The van der Waals surface area contributed by atoms with Gasteiger partial charge in [-0.2, -0.15) is 0 Å². The molecule has 1 aromatic carbocycles. The topological polar surface area (TPSA) is 75.7 Å². The van der Waals surface area contributed by atoms with Gasteiger partial charge in [0.25, 0.3) is 5.91 Å². The number of benzene rings is 1. The maximum atomic E-state index is 12.6. The Hall–Kier alpha value is -1.90. The smallest absolute Gasteiger partial charge is 0.263 e. The Morgan fingerprint density at radius 1 is 1.24 bits per heavy atom. The Labute approximate surface area is 152 Å². The van der Waals surface area contributed by atoms with Gasteiger partial charge in [-0.3, -0.25) is 4.79 Å². The number of nitrogens with one attached hydrogen (secondary N) is 1. The van der Waals surface area contributed by atoms with E-state index in [-0.39, 0.29) is 5.91 Å². The second-order valence-corrected chi connectivity index (χ2v) is 8.66. The second-order valence-electron chi connectivity index (χ2n) is 5.66. The number of nitrogens with zero attached hydrogens (tertiary/aromatic N) is 1. The van der Waals surface area contributed by atoms with Gasteiger partial charge in [0.1, 0.15) is 5.75 Å². The highest BCUT2D eigenvalue weighted by Gasteiger charge is 2.16. The third kappa shape index (κ3) is 5.84. The van der Waals surface area contributed by atoms with Gasteiger partial charge in [-0.05, 0) is 24.6 Å². The SMILES string of the molecule is COc1ccccc1CN(C)C(=O)c1ccc(CCNS(C)(=O)=O)s1. The zero-order valence-electron chi connectivity index (χ0n) is 14.5. The molecule has 0 radical (unpaired) electrons. The summed E-state index contributed by atoms with van der Waals surface area (Å²) in [5.41, 5.74) is 0.940. The summed E-state index contributed by atoms with van der Waals surface area (Å²) in [6, 6.07) is 11.2. The van der Waals surface area contributed by atoms with Crippen molar-refractivity contribution in [2.75, 3.05) is 27.0 Å². The van der Waals surface area contributed by atoms with Gasteiger partial charge in [0.15, 0.2) is 0 Å². The number of sulfonamides is 1. The fourth-order valence-corrected chi connectivity index (χ4v) is 3.81. The molecular weight excluding hydrogens is 360 g/mol. The van der Waals surface area contributed by atoms with Crippen molar-refractivity contribution in [2.24, 2.45) is 0 Å². The first-order valence-corrected chi connectivity index (χ1v) is 10.4. The van der Waals surface area contributed by atoms with Crippen molar-refractivity contribution in [3.05, 3.63) is 51.7 Å². The molecule has 0 atom stereocenters. The number of para-hydroxylation sites is 1. The predicted molar refractivity (Wildman–Crippen MR) is 99.7 cm³/mol. The highest BCUT2D eigenvalue weighted by Crippen LogP contribution is 2.22. The molecular formula is C17H22N2O4S2. The molecule has 6 nitrogen and oxygen atoms in total. The third-order valence-electron chi connectivity index (χ3n) is 3.55. The number of rotatable bonds is 8. The van der Waals surface area contributed by atoms with E-state index >= 15 is 0 Å². The fourth-order valence-electron chi connectivity index (χ4n) is 2.34. The molecule has 0 saturated heterocycles. The molecule has 0 fully saturated rings. The van der Waals surface area contributed by atoms with Gasteiger partial charge >= 0.3 is 0 Å². The molecule has 0 bridgehead atoms. The first-order valence-electron chi connectivity index (χ1n) is 7.71. The van der Waals surface area contributed by atoms with Crippen molar-refractivity contribution in [1.82, 2.24) is 9.62 Å². The quantitative estimate of drug-likeness (QED) is 0.759. The summed E-state index contributed by atoms with van der Waals surface area (Å²) in [6.45, 7) is 0.774. The normalized spacial score (nSPS) is 11.3. The Bertz CT molecular complexity index is 831. The molecule has 2 aromatic rings. The average Bonchev–Trinajstić information content (AvgIpc) is 3.02. The fraction of sp³-hybridized carbons (Fsp3) is 0.353. The molecule has 0 aliphatic rings. The maximum absolute atomic E-state index is 12.6. The number of thiophene rings is 1. The van der Waals surface area contributed by atoms with Gasteiger partial charge in [0.05, 0.1) is 18.2 Å². The number of amides is 1. The molecule has 1 heterocycles. The minimum Gasteiger partial charge on any atom is -0.496 e. The van der Waals surface area contributed by atoms with Crippen LogP contribution in [0, 0.1) is 0 Å². The van der Waals surface area contributed by atoms with E-state index in [0.29, 0.717) is 24.4 Å². The first kappa shape index (κ1) is 19.4. The maximum Gasteiger partial charge on any atom is 0.263 e. The summed E-state index contributed by atoms with van der Waals surface area (Å²) in [7, 11) is 0.166. The van der Waals surface area contributed by atoms with Crippen LogP contribution in [-0.4, -0.2) is 46.2 Å². The largest absolute Gasteiger partial charge is 0.496 e. The molecule has 25 heavy (non-hydrogen) atoms. The molecule has 1 N–H and O–H groups in total. The van der Waals surface area contributed by atoms with E-state index in [9.17, 15) is 13.2 Å². The minimum absolute atomic E-state index is 0.0711. The van der Waals surface area contributed by atoms with Crippen molar-refractivity contribution in [2.45, 2.75) is 13.0 Å². The van der Waals surface area contributed by atoms with Gasteiger partial charge in [0, 0.05) is 30.6 Å². The minimum atomic E-state index is -3.19. The Kier molecular flexibility index (Phi) is 6.57. The van der Waals surface area contributed by atoms with Gasteiger partial charge in [-0.1, -0.05) is 18.2 Å². The number of methoxy groups -OCH3 is 1. The average molecular weight is 383 g/mol. The van der Waals surface area contributed by atoms with Crippen LogP contribution >= 0.6 is 11.3 Å². The second kappa shape index (κ2) is 8.46. The first-order chi connectivity index (χ1) is 11.8. The monoisotopic (exact) mass is 382 g/mol. The third-order valence-corrected chi connectivity index (χ3v) is 5.42. The summed E-state index contributed by atoms with van der Waals surface area (Å²) in [5.74, 6) is 0.680. The molecule has 1 amide bonds.